The zero-order valence-electron chi connectivity index (χ0n) is 16.9. The summed E-state index contributed by atoms with van der Waals surface area (Å²) < 4.78 is 0. The Hall–Kier alpha value is -3.61. The first kappa shape index (κ1) is 21.6. The Morgan fingerprint density at radius 2 is 1.28 bits per heavy atom. The number of nitrogens with one attached hydrogen (secondary N) is 2. The molecule has 32 heavy (non-hydrogen) atoms. The van der Waals surface area contributed by atoms with E-state index in [2.05, 4.69) is 10.6 Å². The summed E-state index contributed by atoms with van der Waals surface area (Å²) in [7, 11) is 1.43. The minimum absolute atomic E-state index is 0.165. The molecule has 0 saturated heterocycles. The molecule has 0 spiro atoms. The molecular formula is C24H17Cl2N3O3. The summed E-state index contributed by atoms with van der Waals surface area (Å²) in [5.41, 5.74) is 2.63. The highest BCUT2D eigenvalue weighted by Gasteiger charge is 2.36. The SMILES string of the molecule is CN1C(=O)C(Nc2ccc(C(=O)Nc3ccc(Cl)cc3)cc2)=C(c2ccc(Cl)cc2)C1=O. The van der Waals surface area contributed by atoms with Crippen molar-refractivity contribution in [2.75, 3.05) is 17.7 Å². The van der Waals surface area contributed by atoms with Crippen molar-refractivity contribution in [1.29, 1.82) is 0 Å². The fourth-order valence-electron chi connectivity index (χ4n) is 3.23. The molecule has 0 fully saturated rings. The minimum Gasteiger partial charge on any atom is -0.350 e. The quantitative estimate of drug-likeness (QED) is 0.515. The summed E-state index contributed by atoms with van der Waals surface area (Å²) in [6.45, 7) is 0. The monoisotopic (exact) mass is 465 g/mol. The maximum absolute atomic E-state index is 12.7. The van der Waals surface area contributed by atoms with Crippen LogP contribution in [0.4, 0.5) is 11.4 Å². The number of anilines is 2. The van der Waals surface area contributed by atoms with Gasteiger partial charge in [-0.05, 0) is 66.2 Å². The molecule has 1 aliphatic rings. The van der Waals surface area contributed by atoms with Crippen molar-refractivity contribution < 1.29 is 14.4 Å². The minimum atomic E-state index is -0.440. The Bertz CT molecular complexity index is 1230. The Morgan fingerprint density at radius 1 is 0.750 bits per heavy atom. The molecule has 1 aliphatic heterocycles. The predicted molar refractivity (Wildman–Crippen MR) is 126 cm³/mol. The summed E-state index contributed by atoms with van der Waals surface area (Å²) in [5, 5.41) is 6.92. The van der Waals surface area contributed by atoms with Gasteiger partial charge in [0, 0.05) is 34.0 Å². The zero-order valence-corrected chi connectivity index (χ0v) is 18.4. The third kappa shape index (κ3) is 4.37. The first-order chi connectivity index (χ1) is 15.3. The number of carbonyl (C=O) groups excluding carboxylic acids is 3. The topological polar surface area (TPSA) is 78.5 Å². The molecule has 3 aromatic rings. The number of hydrogen-bond donors (Lipinski definition) is 2. The highest BCUT2D eigenvalue weighted by molar-refractivity contribution is 6.36. The van der Waals surface area contributed by atoms with Gasteiger partial charge in [0.05, 0.1) is 5.57 Å². The van der Waals surface area contributed by atoms with Gasteiger partial charge >= 0.3 is 0 Å². The molecule has 0 saturated carbocycles. The second-order valence-electron chi connectivity index (χ2n) is 7.09. The number of halogens is 2. The zero-order chi connectivity index (χ0) is 22.8. The van der Waals surface area contributed by atoms with Crippen LogP contribution in [0, 0.1) is 0 Å². The van der Waals surface area contributed by atoms with Crippen molar-refractivity contribution in [1.82, 2.24) is 4.90 Å². The molecule has 0 unspecified atom stereocenters. The van der Waals surface area contributed by atoms with Gasteiger partial charge in [0.25, 0.3) is 17.7 Å². The van der Waals surface area contributed by atoms with Gasteiger partial charge in [-0.25, -0.2) is 0 Å². The largest absolute Gasteiger partial charge is 0.350 e. The lowest BCUT2D eigenvalue weighted by Crippen LogP contribution is -2.27. The molecule has 2 N–H and O–H groups in total. The van der Waals surface area contributed by atoms with Crippen LogP contribution < -0.4 is 10.6 Å². The van der Waals surface area contributed by atoms with Gasteiger partial charge in [0.1, 0.15) is 5.70 Å². The Labute approximate surface area is 194 Å². The molecule has 0 aromatic heterocycles. The molecule has 160 valence electrons. The van der Waals surface area contributed by atoms with Gasteiger partial charge in [0.2, 0.25) is 0 Å². The first-order valence-electron chi connectivity index (χ1n) is 9.60. The number of carbonyl (C=O) groups is 3. The second kappa shape index (κ2) is 8.86. The Morgan fingerprint density at radius 3 is 1.88 bits per heavy atom. The first-order valence-corrected chi connectivity index (χ1v) is 10.4. The van der Waals surface area contributed by atoms with Gasteiger partial charge in [-0.3, -0.25) is 19.3 Å². The van der Waals surface area contributed by atoms with E-state index in [4.69, 9.17) is 23.2 Å². The molecule has 4 rings (SSSR count). The molecule has 0 bridgehead atoms. The van der Waals surface area contributed by atoms with Crippen LogP contribution in [0.2, 0.25) is 10.0 Å². The lowest BCUT2D eigenvalue weighted by atomic mass is 10.0. The average Bonchev–Trinajstić information content (AvgIpc) is 3.00. The van der Waals surface area contributed by atoms with Gasteiger partial charge < -0.3 is 10.6 Å². The molecule has 6 nitrogen and oxygen atoms in total. The smallest absolute Gasteiger partial charge is 0.277 e. The molecule has 3 amide bonds. The lowest BCUT2D eigenvalue weighted by Gasteiger charge is -2.10. The van der Waals surface area contributed by atoms with E-state index in [9.17, 15) is 14.4 Å². The van der Waals surface area contributed by atoms with Crippen LogP contribution in [0.15, 0.2) is 78.5 Å². The van der Waals surface area contributed by atoms with E-state index >= 15 is 0 Å². The molecule has 0 atom stereocenters. The van der Waals surface area contributed by atoms with Gasteiger partial charge in [-0.2, -0.15) is 0 Å². The van der Waals surface area contributed by atoms with Crippen LogP contribution in [0.25, 0.3) is 5.57 Å². The molecular weight excluding hydrogens is 449 g/mol. The van der Waals surface area contributed by atoms with Crippen molar-refractivity contribution in [3.8, 4) is 0 Å². The standard InChI is InChI=1S/C24H17Cl2N3O3/c1-29-23(31)20(14-2-6-16(25)7-3-14)21(24(29)32)27-18-10-4-15(5-11-18)22(30)28-19-12-8-17(26)9-13-19/h2-13,27H,1H3,(H,28,30). The summed E-state index contributed by atoms with van der Waals surface area (Å²) in [4.78, 5) is 38.8. The van der Waals surface area contributed by atoms with Crippen molar-refractivity contribution in [2.24, 2.45) is 0 Å². The van der Waals surface area contributed by atoms with E-state index in [-0.39, 0.29) is 17.2 Å². The molecule has 0 aliphatic carbocycles. The van der Waals surface area contributed by atoms with E-state index in [1.165, 1.54) is 7.05 Å². The third-order valence-corrected chi connectivity index (χ3v) is 5.44. The van der Waals surface area contributed by atoms with E-state index in [1.54, 1.807) is 72.8 Å². The summed E-state index contributed by atoms with van der Waals surface area (Å²) in [5.74, 6) is -1.13. The van der Waals surface area contributed by atoms with E-state index < -0.39 is 11.8 Å². The number of benzene rings is 3. The van der Waals surface area contributed by atoms with Crippen LogP contribution in [-0.2, 0) is 9.59 Å². The van der Waals surface area contributed by atoms with Crippen LogP contribution in [0.1, 0.15) is 15.9 Å². The van der Waals surface area contributed by atoms with Gasteiger partial charge in [0.15, 0.2) is 0 Å². The van der Waals surface area contributed by atoms with E-state index in [1.807, 2.05) is 0 Å². The van der Waals surface area contributed by atoms with Crippen molar-refractivity contribution in [3.05, 3.63) is 99.7 Å². The normalized spacial score (nSPS) is 13.5. The maximum Gasteiger partial charge on any atom is 0.277 e. The molecule has 1 heterocycles. The third-order valence-electron chi connectivity index (χ3n) is 4.94. The Balaban J connectivity index is 1.56. The lowest BCUT2D eigenvalue weighted by molar-refractivity contribution is -0.135. The van der Waals surface area contributed by atoms with Crippen LogP contribution in [-0.4, -0.2) is 29.7 Å². The van der Waals surface area contributed by atoms with Crippen molar-refractivity contribution >= 4 is 57.9 Å². The number of hydrogen-bond acceptors (Lipinski definition) is 4. The van der Waals surface area contributed by atoms with Crippen molar-refractivity contribution in [2.45, 2.75) is 0 Å². The highest BCUT2D eigenvalue weighted by Crippen LogP contribution is 2.30. The number of amides is 3. The summed E-state index contributed by atoms with van der Waals surface area (Å²) in [6.07, 6.45) is 0. The van der Waals surface area contributed by atoms with E-state index in [0.717, 1.165) is 4.90 Å². The average molecular weight is 466 g/mol. The fourth-order valence-corrected chi connectivity index (χ4v) is 3.48. The summed E-state index contributed by atoms with van der Waals surface area (Å²) in [6, 6.07) is 20.1. The van der Waals surface area contributed by atoms with Crippen LogP contribution in [0.3, 0.4) is 0 Å². The number of rotatable bonds is 5. The van der Waals surface area contributed by atoms with E-state index in [0.29, 0.717) is 32.5 Å². The molecule has 3 aromatic carbocycles. The summed E-state index contributed by atoms with van der Waals surface area (Å²) >= 11 is 11.8. The number of likely N-dealkylation sites (N-methyl/N-ethyl adjacent to an activating group) is 1. The predicted octanol–water partition coefficient (Wildman–Crippen LogP) is 5.07. The Kier molecular flexibility index (Phi) is 5.99. The second-order valence-corrected chi connectivity index (χ2v) is 7.96. The fraction of sp³-hybridized carbons (Fsp3) is 0.0417. The number of imide groups is 1. The molecule has 8 heteroatoms. The van der Waals surface area contributed by atoms with Crippen LogP contribution in [0.5, 0.6) is 0 Å². The van der Waals surface area contributed by atoms with Crippen LogP contribution >= 0.6 is 23.2 Å². The number of nitrogens with zero attached hydrogens (tertiary/aromatic N) is 1. The highest BCUT2D eigenvalue weighted by atomic mass is 35.5. The van der Waals surface area contributed by atoms with Gasteiger partial charge in [-0.1, -0.05) is 35.3 Å². The maximum atomic E-state index is 12.7. The van der Waals surface area contributed by atoms with Crippen molar-refractivity contribution in [3.63, 3.8) is 0 Å². The van der Waals surface area contributed by atoms with Gasteiger partial charge in [-0.15, -0.1) is 0 Å². The molecule has 0 radical (unpaired) electrons.